The quantitative estimate of drug-likeness (QED) is 0.577. The number of aromatic nitrogens is 3. The minimum absolute atomic E-state index is 0.0173. The van der Waals surface area contributed by atoms with Gasteiger partial charge in [-0.3, -0.25) is 5.32 Å². The summed E-state index contributed by atoms with van der Waals surface area (Å²) < 4.78 is 0. The molecule has 0 saturated carbocycles. The summed E-state index contributed by atoms with van der Waals surface area (Å²) in [5.74, 6) is -1.36. The van der Waals surface area contributed by atoms with Crippen LogP contribution in [0.5, 0.6) is 0 Å². The van der Waals surface area contributed by atoms with Gasteiger partial charge in [0, 0.05) is 0 Å². The number of aliphatic hydroxyl groups excluding tert-OH is 1. The lowest BCUT2D eigenvalue weighted by Gasteiger charge is -2.17. The third-order valence-electron chi connectivity index (χ3n) is 2.77. The number of carboxylic acids is 1. The zero-order chi connectivity index (χ0) is 16.0. The molecule has 1 rings (SSSR count). The number of aryl methyl sites for hydroxylation is 2. The molecule has 4 N–H and O–H groups in total. The third kappa shape index (κ3) is 4.63. The Hall–Kier alpha value is -2.29. The summed E-state index contributed by atoms with van der Waals surface area (Å²) in [5.41, 5.74) is 1.46. The average Bonchev–Trinajstić information content (AvgIpc) is 2.43. The second-order valence-corrected chi connectivity index (χ2v) is 4.39. The van der Waals surface area contributed by atoms with Crippen molar-refractivity contribution in [2.75, 3.05) is 5.32 Å². The van der Waals surface area contributed by atoms with Crippen molar-refractivity contribution in [3.8, 4) is 0 Å². The summed E-state index contributed by atoms with van der Waals surface area (Å²) in [7, 11) is 0. The van der Waals surface area contributed by atoms with Crippen LogP contribution >= 0.6 is 0 Å². The van der Waals surface area contributed by atoms with E-state index >= 15 is 0 Å². The van der Waals surface area contributed by atoms with Gasteiger partial charge in [0.05, 0.1) is 17.5 Å². The first kappa shape index (κ1) is 16.8. The maximum Gasteiger partial charge on any atom is 0.328 e. The lowest BCUT2D eigenvalue weighted by molar-refractivity contribution is -0.141. The average molecular weight is 297 g/mol. The molecule has 0 aliphatic heterocycles. The Bertz CT molecular complexity index is 520. The van der Waals surface area contributed by atoms with Crippen LogP contribution in [0.4, 0.5) is 10.7 Å². The van der Waals surface area contributed by atoms with Gasteiger partial charge >= 0.3 is 12.0 Å². The molecule has 9 nitrogen and oxygen atoms in total. The number of carbonyl (C=O) groups is 2. The highest BCUT2D eigenvalue weighted by Crippen LogP contribution is 2.06. The highest BCUT2D eigenvalue weighted by molar-refractivity contribution is 5.90. The second kappa shape index (κ2) is 7.48. The van der Waals surface area contributed by atoms with Gasteiger partial charge < -0.3 is 15.5 Å². The summed E-state index contributed by atoms with van der Waals surface area (Å²) in [6.45, 7) is 5.09. The summed E-state index contributed by atoms with van der Waals surface area (Å²) in [4.78, 5) is 26.7. The Morgan fingerprint density at radius 1 is 1.19 bits per heavy atom. The predicted molar refractivity (Wildman–Crippen MR) is 73.8 cm³/mol. The molecule has 0 bridgehead atoms. The van der Waals surface area contributed by atoms with Crippen molar-refractivity contribution < 1.29 is 19.8 Å². The van der Waals surface area contributed by atoms with Crippen LogP contribution in [-0.4, -0.2) is 49.5 Å². The molecule has 116 valence electrons. The van der Waals surface area contributed by atoms with Crippen LogP contribution in [0.3, 0.4) is 0 Å². The number of anilines is 1. The van der Waals surface area contributed by atoms with Crippen LogP contribution in [0.2, 0.25) is 0 Å². The monoisotopic (exact) mass is 297 g/mol. The van der Waals surface area contributed by atoms with Gasteiger partial charge in [0.15, 0.2) is 6.04 Å². The summed E-state index contributed by atoms with van der Waals surface area (Å²) in [6, 6.07) is -2.24. The van der Waals surface area contributed by atoms with E-state index in [0.29, 0.717) is 18.5 Å². The zero-order valence-corrected chi connectivity index (χ0v) is 12.1. The van der Waals surface area contributed by atoms with Crippen LogP contribution in [-0.2, 0) is 17.6 Å². The number of carboxylic acid groups (broad SMARTS) is 1. The molecule has 2 unspecified atom stereocenters. The lowest BCUT2D eigenvalue weighted by Crippen LogP contribution is -2.49. The standard InChI is InChI=1S/C12H19N5O4/c1-4-7-8(5-2)16-17-11(13-7)15-12(21)14-9(6(3)18)10(19)20/h6,9,18H,4-5H2,1-3H3,(H,19,20)(H2,13,14,15,17,21). The Morgan fingerprint density at radius 3 is 2.29 bits per heavy atom. The molecule has 0 saturated heterocycles. The maximum atomic E-state index is 11.7. The van der Waals surface area contributed by atoms with E-state index in [4.69, 9.17) is 5.11 Å². The number of aliphatic hydroxyl groups is 1. The van der Waals surface area contributed by atoms with Gasteiger partial charge in [-0.1, -0.05) is 13.8 Å². The molecule has 0 aromatic carbocycles. The van der Waals surface area contributed by atoms with Crippen LogP contribution in [0.25, 0.3) is 0 Å². The molecule has 9 heteroatoms. The Morgan fingerprint density at radius 2 is 1.81 bits per heavy atom. The fourth-order valence-electron chi connectivity index (χ4n) is 1.66. The number of nitrogens with one attached hydrogen (secondary N) is 2. The van der Waals surface area contributed by atoms with E-state index in [9.17, 15) is 14.7 Å². The molecule has 21 heavy (non-hydrogen) atoms. The van der Waals surface area contributed by atoms with Gasteiger partial charge in [0.2, 0.25) is 0 Å². The second-order valence-electron chi connectivity index (χ2n) is 4.39. The minimum Gasteiger partial charge on any atom is -0.480 e. The normalized spacial score (nSPS) is 13.3. The highest BCUT2D eigenvalue weighted by Gasteiger charge is 2.25. The van der Waals surface area contributed by atoms with Crippen molar-refractivity contribution in [1.82, 2.24) is 20.5 Å². The van der Waals surface area contributed by atoms with E-state index in [1.54, 1.807) is 0 Å². The van der Waals surface area contributed by atoms with Crippen molar-refractivity contribution in [2.45, 2.75) is 45.8 Å². The van der Waals surface area contributed by atoms with Gasteiger partial charge in [-0.2, -0.15) is 0 Å². The van der Waals surface area contributed by atoms with E-state index in [-0.39, 0.29) is 5.95 Å². The molecule has 2 amide bonds. The summed E-state index contributed by atoms with van der Waals surface area (Å²) in [5, 5.41) is 30.3. The fraction of sp³-hybridized carbons (Fsp3) is 0.583. The molecular weight excluding hydrogens is 278 g/mol. The topological polar surface area (TPSA) is 137 Å². The fourth-order valence-corrected chi connectivity index (χ4v) is 1.66. The number of nitrogens with zero attached hydrogens (tertiary/aromatic N) is 3. The van der Waals surface area contributed by atoms with Crippen molar-refractivity contribution in [1.29, 1.82) is 0 Å². The van der Waals surface area contributed by atoms with Gasteiger partial charge in [-0.05, 0) is 19.8 Å². The number of carbonyl (C=O) groups excluding carboxylic acids is 1. The number of aliphatic carboxylic acids is 1. The van der Waals surface area contributed by atoms with Crippen molar-refractivity contribution >= 4 is 17.9 Å². The number of rotatable bonds is 6. The summed E-state index contributed by atoms with van der Waals surface area (Å²) in [6.07, 6.45) is 0.0834. The van der Waals surface area contributed by atoms with E-state index < -0.39 is 24.1 Å². The highest BCUT2D eigenvalue weighted by atomic mass is 16.4. The first-order valence-electron chi connectivity index (χ1n) is 6.59. The van der Waals surface area contributed by atoms with E-state index in [1.165, 1.54) is 6.92 Å². The maximum absolute atomic E-state index is 11.7. The number of hydrogen-bond acceptors (Lipinski definition) is 6. The van der Waals surface area contributed by atoms with Gasteiger partial charge in [-0.15, -0.1) is 10.2 Å². The molecule has 1 aromatic heterocycles. The minimum atomic E-state index is -1.42. The third-order valence-corrected chi connectivity index (χ3v) is 2.77. The Balaban J connectivity index is 2.77. The lowest BCUT2D eigenvalue weighted by atomic mass is 10.2. The molecule has 1 heterocycles. The molecule has 0 radical (unpaired) electrons. The van der Waals surface area contributed by atoms with Gasteiger partial charge in [0.1, 0.15) is 0 Å². The van der Waals surface area contributed by atoms with Crippen molar-refractivity contribution in [3.05, 3.63) is 11.4 Å². The van der Waals surface area contributed by atoms with Crippen LogP contribution in [0.15, 0.2) is 0 Å². The Kier molecular flexibility index (Phi) is 5.97. The van der Waals surface area contributed by atoms with E-state index in [1.807, 2.05) is 13.8 Å². The van der Waals surface area contributed by atoms with E-state index in [2.05, 4.69) is 25.8 Å². The van der Waals surface area contributed by atoms with Crippen LogP contribution < -0.4 is 10.6 Å². The van der Waals surface area contributed by atoms with Crippen LogP contribution in [0, 0.1) is 0 Å². The predicted octanol–water partition coefficient (Wildman–Crippen LogP) is -0.0481. The molecule has 0 aliphatic carbocycles. The molecule has 0 aliphatic rings. The van der Waals surface area contributed by atoms with Gasteiger partial charge in [0.25, 0.3) is 5.95 Å². The van der Waals surface area contributed by atoms with Crippen molar-refractivity contribution in [2.24, 2.45) is 0 Å². The zero-order valence-electron chi connectivity index (χ0n) is 12.1. The van der Waals surface area contributed by atoms with Gasteiger partial charge in [-0.25, -0.2) is 14.6 Å². The SMILES string of the molecule is CCc1nnc(NC(=O)NC(C(=O)O)C(C)O)nc1CC. The van der Waals surface area contributed by atoms with E-state index in [0.717, 1.165) is 5.69 Å². The van der Waals surface area contributed by atoms with Crippen LogP contribution in [0.1, 0.15) is 32.2 Å². The number of amides is 2. The molecule has 0 spiro atoms. The molecule has 1 aromatic rings. The number of urea groups is 1. The largest absolute Gasteiger partial charge is 0.480 e. The summed E-state index contributed by atoms with van der Waals surface area (Å²) >= 11 is 0. The number of hydrogen-bond donors (Lipinski definition) is 4. The smallest absolute Gasteiger partial charge is 0.328 e. The Labute approximate surface area is 121 Å². The molecule has 0 fully saturated rings. The molecule has 2 atom stereocenters. The van der Waals surface area contributed by atoms with Crippen molar-refractivity contribution in [3.63, 3.8) is 0 Å². The molecular formula is C12H19N5O4. The first-order valence-corrected chi connectivity index (χ1v) is 6.59. The first-order chi connectivity index (χ1) is 9.88.